The Morgan fingerprint density at radius 3 is 2.27 bits per heavy atom. The molecule has 4 aromatic rings. The normalized spacial score (nSPS) is 11.5. The van der Waals surface area contributed by atoms with Gasteiger partial charge in [-0.1, -0.05) is 35.3 Å². The molecule has 0 saturated heterocycles. The minimum absolute atomic E-state index is 0.298. The molecule has 1 amide bonds. The van der Waals surface area contributed by atoms with Crippen molar-refractivity contribution < 1.29 is 9.53 Å². The summed E-state index contributed by atoms with van der Waals surface area (Å²) in [6.07, 6.45) is 0.766. The first kappa shape index (κ1) is 22.9. The standard InChI is InChI=1S/C24H23Cl2N5O2/c1-24(2,3)33-23(32)30-21-19-18(14-5-7-15(25)8-6-14)20(26)31(22(19)29-13-28-21)17-11-9-16(27-4)10-12-17/h5-13,27H,1-4H3,(H,28,29,30,32). The quantitative estimate of drug-likeness (QED) is 0.334. The molecule has 33 heavy (non-hydrogen) atoms. The van der Waals surface area contributed by atoms with Gasteiger partial charge in [0.2, 0.25) is 0 Å². The third-order valence-corrected chi connectivity index (χ3v) is 5.47. The number of nitrogens with one attached hydrogen (secondary N) is 2. The Kier molecular flexibility index (Phi) is 6.19. The third kappa shape index (κ3) is 4.74. The smallest absolute Gasteiger partial charge is 0.413 e. The van der Waals surface area contributed by atoms with Crippen molar-refractivity contribution in [3.63, 3.8) is 0 Å². The Labute approximate surface area is 201 Å². The summed E-state index contributed by atoms with van der Waals surface area (Å²) in [4.78, 5) is 21.4. The molecule has 0 aliphatic rings. The van der Waals surface area contributed by atoms with Gasteiger partial charge >= 0.3 is 6.09 Å². The van der Waals surface area contributed by atoms with Gasteiger partial charge in [-0.2, -0.15) is 0 Å². The molecule has 2 N–H and O–H groups in total. The molecule has 0 fully saturated rings. The molecule has 0 aliphatic heterocycles. The fourth-order valence-electron chi connectivity index (χ4n) is 3.47. The van der Waals surface area contributed by atoms with Crippen molar-refractivity contribution in [1.82, 2.24) is 14.5 Å². The fraction of sp³-hybridized carbons (Fsp3) is 0.208. The number of nitrogens with zero attached hydrogens (tertiary/aromatic N) is 3. The average molecular weight is 484 g/mol. The van der Waals surface area contributed by atoms with Crippen LogP contribution >= 0.6 is 23.2 Å². The highest BCUT2D eigenvalue weighted by Crippen LogP contribution is 2.42. The van der Waals surface area contributed by atoms with E-state index >= 15 is 0 Å². The van der Waals surface area contributed by atoms with Crippen LogP contribution in [-0.4, -0.2) is 33.3 Å². The van der Waals surface area contributed by atoms with Crippen LogP contribution in [0.2, 0.25) is 10.2 Å². The lowest BCUT2D eigenvalue weighted by Crippen LogP contribution is -2.27. The molecule has 0 bridgehead atoms. The predicted molar refractivity (Wildman–Crippen MR) is 134 cm³/mol. The van der Waals surface area contributed by atoms with Gasteiger partial charge in [-0.25, -0.2) is 14.8 Å². The van der Waals surface area contributed by atoms with E-state index in [1.807, 2.05) is 48.0 Å². The highest BCUT2D eigenvalue weighted by Gasteiger charge is 2.25. The zero-order chi connectivity index (χ0) is 23.8. The molecular formula is C24H23Cl2N5O2. The Morgan fingerprint density at radius 1 is 1.00 bits per heavy atom. The SMILES string of the molecule is CNc1ccc(-n2c(Cl)c(-c3ccc(Cl)cc3)c3c(NC(=O)OC(C)(C)C)ncnc32)cc1. The third-order valence-electron chi connectivity index (χ3n) is 4.86. The summed E-state index contributed by atoms with van der Waals surface area (Å²) in [6, 6.07) is 15.0. The van der Waals surface area contributed by atoms with Crippen LogP contribution in [0.4, 0.5) is 16.3 Å². The van der Waals surface area contributed by atoms with E-state index < -0.39 is 11.7 Å². The highest BCUT2D eigenvalue weighted by molar-refractivity contribution is 6.36. The first-order chi connectivity index (χ1) is 15.7. The first-order valence-electron chi connectivity index (χ1n) is 10.3. The van der Waals surface area contributed by atoms with Gasteiger partial charge < -0.3 is 10.1 Å². The summed E-state index contributed by atoms with van der Waals surface area (Å²) >= 11 is 13.1. The van der Waals surface area contributed by atoms with E-state index in [0.717, 1.165) is 16.9 Å². The van der Waals surface area contributed by atoms with Gasteiger partial charge in [-0.15, -0.1) is 0 Å². The summed E-state index contributed by atoms with van der Waals surface area (Å²) in [5, 5.41) is 7.47. The molecule has 9 heteroatoms. The number of carbonyl (C=O) groups excluding carboxylic acids is 1. The monoisotopic (exact) mass is 483 g/mol. The van der Waals surface area contributed by atoms with Crippen molar-refractivity contribution in [3.8, 4) is 16.8 Å². The van der Waals surface area contributed by atoms with Gasteiger partial charge in [0.15, 0.2) is 5.65 Å². The van der Waals surface area contributed by atoms with Gasteiger partial charge in [0.1, 0.15) is 22.9 Å². The maximum Gasteiger partial charge on any atom is 0.413 e. The molecular weight excluding hydrogens is 461 g/mol. The van der Waals surface area contributed by atoms with Crippen molar-refractivity contribution in [2.45, 2.75) is 26.4 Å². The van der Waals surface area contributed by atoms with Crippen molar-refractivity contribution in [2.75, 3.05) is 17.7 Å². The number of ether oxygens (including phenoxy) is 1. The van der Waals surface area contributed by atoms with Crippen LogP contribution in [0.5, 0.6) is 0 Å². The van der Waals surface area contributed by atoms with Crippen LogP contribution in [-0.2, 0) is 4.74 Å². The Bertz CT molecular complexity index is 1310. The number of carbonyl (C=O) groups is 1. The second-order valence-corrected chi connectivity index (χ2v) is 9.15. The molecule has 4 rings (SSSR count). The van der Waals surface area contributed by atoms with Crippen molar-refractivity contribution in [2.24, 2.45) is 0 Å². The summed E-state index contributed by atoms with van der Waals surface area (Å²) < 4.78 is 7.25. The van der Waals surface area contributed by atoms with Gasteiger partial charge in [0.25, 0.3) is 0 Å². The molecule has 7 nitrogen and oxygen atoms in total. The van der Waals surface area contributed by atoms with E-state index in [4.69, 9.17) is 27.9 Å². The maximum absolute atomic E-state index is 12.5. The Hall–Kier alpha value is -3.29. The lowest BCUT2D eigenvalue weighted by Gasteiger charge is -2.19. The molecule has 0 atom stereocenters. The van der Waals surface area contributed by atoms with E-state index in [1.54, 1.807) is 32.9 Å². The number of anilines is 2. The van der Waals surface area contributed by atoms with E-state index in [2.05, 4.69) is 20.6 Å². The number of hydrogen-bond donors (Lipinski definition) is 2. The van der Waals surface area contributed by atoms with Crippen LogP contribution < -0.4 is 10.6 Å². The van der Waals surface area contributed by atoms with Crippen LogP contribution in [0.15, 0.2) is 54.9 Å². The van der Waals surface area contributed by atoms with E-state index in [1.165, 1.54) is 6.33 Å². The number of rotatable bonds is 4. The largest absolute Gasteiger partial charge is 0.444 e. The van der Waals surface area contributed by atoms with Crippen molar-refractivity contribution in [1.29, 1.82) is 0 Å². The molecule has 0 spiro atoms. The Morgan fingerprint density at radius 2 is 1.67 bits per heavy atom. The first-order valence-corrected chi connectivity index (χ1v) is 11.0. The molecule has 2 aromatic carbocycles. The van der Waals surface area contributed by atoms with Crippen molar-refractivity contribution >= 4 is 51.8 Å². The number of hydrogen-bond acceptors (Lipinski definition) is 5. The van der Waals surface area contributed by atoms with Crippen LogP contribution in [0, 0.1) is 0 Å². The predicted octanol–water partition coefficient (Wildman–Crippen LogP) is 6.78. The number of halogens is 2. The summed E-state index contributed by atoms with van der Waals surface area (Å²) in [7, 11) is 1.85. The minimum Gasteiger partial charge on any atom is -0.444 e. The van der Waals surface area contributed by atoms with E-state index in [0.29, 0.717) is 32.6 Å². The van der Waals surface area contributed by atoms with Crippen LogP contribution in [0.25, 0.3) is 27.8 Å². The Balaban J connectivity index is 1.95. The zero-order valence-electron chi connectivity index (χ0n) is 18.6. The maximum atomic E-state index is 12.5. The minimum atomic E-state index is -0.659. The number of aromatic nitrogens is 3. The summed E-state index contributed by atoms with van der Waals surface area (Å²) in [6.45, 7) is 5.39. The van der Waals surface area contributed by atoms with Crippen LogP contribution in [0.1, 0.15) is 20.8 Å². The summed E-state index contributed by atoms with van der Waals surface area (Å²) in [5.41, 5.74) is 3.14. The summed E-state index contributed by atoms with van der Waals surface area (Å²) in [5.74, 6) is 0.298. The molecule has 0 aliphatic carbocycles. The van der Waals surface area contributed by atoms with E-state index in [-0.39, 0.29) is 0 Å². The average Bonchev–Trinajstić information content (AvgIpc) is 3.06. The van der Waals surface area contributed by atoms with Gasteiger partial charge in [0, 0.05) is 29.0 Å². The molecule has 170 valence electrons. The number of amides is 1. The van der Waals surface area contributed by atoms with Crippen molar-refractivity contribution in [3.05, 3.63) is 65.0 Å². The van der Waals surface area contributed by atoms with Gasteiger partial charge in [-0.3, -0.25) is 9.88 Å². The topological polar surface area (TPSA) is 81.1 Å². The van der Waals surface area contributed by atoms with Crippen LogP contribution in [0.3, 0.4) is 0 Å². The second-order valence-electron chi connectivity index (χ2n) is 8.35. The molecule has 2 aromatic heterocycles. The highest BCUT2D eigenvalue weighted by atomic mass is 35.5. The fourth-order valence-corrected chi connectivity index (χ4v) is 3.98. The van der Waals surface area contributed by atoms with Gasteiger partial charge in [0.05, 0.1) is 5.39 Å². The molecule has 0 saturated carbocycles. The van der Waals surface area contributed by atoms with Gasteiger partial charge in [-0.05, 0) is 62.7 Å². The lowest BCUT2D eigenvalue weighted by molar-refractivity contribution is 0.0635. The number of benzene rings is 2. The van der Waals surface area contributed by atoms with E-state index in [9.17, 15) is 4.79 Å². The lowest BCUT2D eigenvalue weighted by atomic mass is 10.1. The molecule has 0 radical (unpaired) electrons. The number of fused-ring (bicyclic) bond motifs is 1. The zero-order valence-corrected chi connectivity index (χ0v) is 20.1. The molecule has 0 unspecified atom stereocenters. The second kappa shape index (κ2) is 8.92. The molecule has 2 heterocycles.